The van der Waals surface area contributed by atoms with E-state index in [0.29, 0.717) is 25.9 Å². The van der Waals surface area contributed by atoms with Crippen molar-refractivity contribution in [3.8, 4) is 0 Å². The molecule has 28 heavy (non-hydrogen) atoms. The minimum Gasteiger partial charge on any atom is -0.459 e. The quantitative estimate of drug-likeness (QED) is 0.771. The van der Waals surface area contributed by atoms with E-state index in [4.69, 9.17) is 4.42 Å². The normalized spacial score (nSPS) is 18.2. The SMILES string of the molecule is CN1C(=O)CCc2cc(S(=O)(=O)N3CCN(C(=O)c4ccco4)CC3)ccc21. The van der Waals surface area contributed by atoms with Crippen LogP contribution in [0.1, 0.15) is 22.5 Å². The zero-order valence-electron chi connectivity index (χ0n) is 15.5. The number of carbonyl (C=O) groups is 2. The summed E-state index contributed by atoms with van der Waals surface area (Å²) >= 11 is 0. The molecule has 1 saturated heterocycles. The van der Waals surface area contributed by atoms with Crippen LogP contribution in [0.3, 0.4) is 0 Å². The van der Waals surface area contributed by atoms with Crippen molar-refractivity contribution in [2.45, 2.75) is 17.7 Å². The highest BCUT2D eigenvalue weighted by Crippen LogP contribution is 2.30. The van der Waals surface area contributed by atoms with E-state index in [1.165, 1.54) is 10.6 Å². The molecule has 8 nitrogen and oxygen atoms in total. The fourth-order valence-corrected chi connectivity index (χ4v) is 5.10. The number of rotatable bonds is 3. The summed E-state index contributed by atoms with van der Waals surface area (Å²) < 4.78 is 32.6. The Labute approximate surface area is 163 Å². The topological polar surface area (TPSA) is 91.1 Å². The first-order valence-electron chi connectivity index (χ1n) is 9.10. The molecule has 1 fully saturated rings. The monoisotopic (exact) mass is 403 g/mol. The Hall–Kier alpha value is -2.65. The second-order valence-electron chi connectivity index (χ2n) is 6.92. The van der Waals surface area contributed by atoms with Crippen LogP contribution in [0.4, 0.5) is 5.69 Å². The van der Waals surface area contributed by atoms with E-state index < -0.39 is 10.0 Å². The van der Waals surface area contributed by atoms with Gasteiger partial charge in [0.1, 0.15) is 0 Å². The molecule has 0 unspecified atom stereocenters. The van der Waals surface area contributed by atoms with Crippen molar-refractivity contribution in [2.75, 3.05) is 38.1 Å². The molecule has 0 atom stereocenters. The fraction of sp³-hybridized carbons (Fsp3) is 0.368. The summed E-state index contributed by atoms with van der Waals surface area (Å²) in [5, 5.41) is 0. The van der Waals surface area contributed by atoms with Crippen LogP contribution in [0.15, 0.2) is 45.9 Å². The maximum absolute atomic E-state index is 13.0. The van der Waals surface area contributed by atoms with E-state index in [1.807, 2.05) is 0 Å². The summed E-state index contributed by atoms with van der Waals surface area (Å²) in [7, 11) is -1.96. The molecule has 2 aromatic rings. The van der Waals surface area contributed by atoms with E-state index in [-0.39, 0.29) is 35.6 Å². The predicted octanol–water partition coefficient (Wildman–Crippen LogP) is 1.34. The van der Waals surface area contributed by atoms with Gasteiger partial charge < -0.3 is 14.2 Å². The third-order valence-electron chi connectivity index (χ3n) is 5.29. The maximum atomic E-state index is 13.0. The van der Waals surface area contributed by atoms with Crippen LogP contribution in [-0.4, -0.2) is 62.7 Å². The predicted molar refractivity (Wildman–Crippen MR) is 102 cm³/mol. The number of aryl methyl sites for hydroxylation is 1. The van der Waals surface area contributed by atoms with Gasteiger partial charge in [-0.05, 0) is 42.3 Å². The van der Waals surface area contributed by atoms with Gasteiger partial charge in [0.2, 0.25) is 15.9 Å². The highest BCUT2D eigenvalue weighted by Gasteiger charge is 2.32. The molecule has 2 aliphatic heterocycles. The maximum Gasteiger partial charge on any atom is 0.289 e. The highest BCUT2D eigenvalue weighted by atomic mass is 32.2. The number of hydrogen-bond donors (Lipinski definition) is 0. The summed E-state index contributed by atoms with van der Waals surface area (Å²) in [6.07, 6.45) is 2.35. The molecule has 1 aromatic carbocycles. The van der Waals surface area contributed by atoms with Gasteiger partial charge in [0.25, 0.3) is 5.91 Å². The second-order valence-corrected chi connectivity index (χ2v) is 8.85. The first-order chi connectivity index (χ1) is 13.4. The fourth-order valence-electron chi connectivity index (χ4n) is 3.63. The molecule has 0 spiro atoms. The molecule has 0 N–H and O–H groups in total. The van der Waals surface area contributed by atoms with Gasteiger partial charge >= 0.3 is 0 Å². The number of piperazine rings is 1. The van der Waals surface area contributed by atoms with Crippen molar-refractivity contribution >= 4 is 27.5 Å². The number of nitrogens with zero attached hydrogens (tertiary/aromatic N) is 3. The van der Waals surface area contributed by atoms with Crippen molar-refractivity contribution in [3.05, 3.63) is 47.9 Å². The average Bonchev–Trinajstić information content (AvgIpc) is 3.25. The second kappa shape index (κ2) is 7.06. The largest absolute Gasteiger partial charge is 0.459 e. The van der Waals surface area contributed by atoms with Crippen LogP contribution in [0.25, 0.3) is 0 Å². The molecular formula is C19H21N3O5S. The third kappa shape index (κ3) is 3.20. The summed E-state index contributed by atoms with van der Waals surface area (Å²) in [5.74, 6) is 0.0497. The first kappa shape index (κ1) is 18.7. The molecular weight excluding hydrogens is 382 g/mol. The lowest BCUT2D eigenvalue weighted by Gasteiger charge is -2.34. The molecule has 3 heterocycles. The molecule has 0 bridgehead atoms. The van der Waals surface area contributed by atoms with Gasteiger partial charge in [-0.25, -0.2) is 8.42 Å². The lowest BCUT2D eigenvalue weighted by atomic mass is 10.0. The van der Waals surface area contributed by atoms with Gasteiger partial charge in [-0.1, -0.05) is 0 Å². The van der Waals surface area contributed by atoms with Gasteiger partial charge in [0.05, 0.1) is 11.2 Å². The smallest absolute Gasteiger partial charge is 0.289 e. The van der Waals surface area contributed by atoms with Gasteiger partial charge in [-0.15, -0.1) is 0 Å². The van der Waals surface area contributed by atoms with Crippen LogP contribution >= 0.6 is 0 Å². The van der Waals surface area contributed by atoms with E-state index in [1.54, 1.807) is 47.2 Å². The number of hydrogen-bond acceptors (Lipinski definition) is 5. The number of furan rings is 1. The minimum atomic E-state index is -3.66. The van der Waals surface area contributed by atoms with Crippen molar-refractivity contribution in [2.24, 2.45) is 0 Å². The van der Waals surface area contributed by atoms with Crippen molar-refractivity contribution in [1.82, 2.24) is 9.21 Å². The lowest BCUT2D eigenvalue weighted by Crippen LogP contribution is -2.50. The molecule has 0 aliphatic carbocycles. The zero-order valence-corrected chi connectivity index (χ0v) is 16.3. The van der Waals surface area contributed by atoms with Crippen LogP contribution in [0.2, 0.25) is 0 Å². The van der Waals surface area contributed by atoms with Crippen molar-refractivity contribution < 1.29 is 22.4 Å². The Morgan fingerprint density at radius 1 is 1.07 bits per heavy atom. The van der Waals surface area contributed by atoms with E-state index in [0.717, 1.165) is 11.3 Å². The molecule has 9 heteroatoms. The minimum absolute atomic E-state index is 0.0282. The third-order valence-corrected chi connectivity index (χ3v) is 7.18. The van der Waals surface area contributed by atoms with Gasteiger partial charge in [0.15, 0.2) is 5.76 Å². The average molecular weight is 403 g/mol. The Morgan fingerprint density at radius 2 is 1.82 bits per heavy atom. The van der Waals surface area contributed by atoms with Crippen molar-refractivity contribution in [1.29, 1.82) is 0 Å². The van der Waals surface area contributed by atoms with Crippen LogP contribution < -0.4 is 4.90 Å². The molecule has 0 saturated carbocycles. The molecule has 2 aliphatic rings. The summed E-state index contributed by atoms with van der Waals surface area (Å²) in [4.78, 5) is 27.5. The molecule has 4 rings (SSSR count). The van der Waals surface area contributed by atoms with Gasteiger partial charge in [-0.2, -0.15) is 4.31 Å². The molecule has 2 amide bonds. The Balaban J connectivity index is 1.49. The van der Waals surface area contributed by atoms with E-state index >= 15 is 0 Å². The Bertz CT molecular complexity index is 1010. The first-order valence-corrected chi connectivity index (χ1v) is 10.5. The van der Waals surface area contributed by atoms with Crippen LogP contribution in [0, 0.1) is 0 Å². The number of carbonyl (C=O) groups excluding carboxylic acids is 2. The van der Waals surface area contributed by atoms with E-state index in [9.17, 15) is 18.0 Å². The Kier molecular flexibility index (Phi) is 4.72. The summed E-state index contributed by atoms with van der Waals surface area (Å²) in [6.45, 7) is 1.07. The van der Waals surface area contributed by atoms with Gasteiger partial charge in [-0.3, -0.25) is 9.59 Å². The molecule has 148 valence electrons. The van der Waals surface area contributed by atoms with Crippen LogP contribution in [-0.2, 0) is 21.2 Å². The number of amides is 2. The summed E-state index contributed by atoms with van der Waals surface area (Å²) in [5.41, 5.74) is 1.61. The molecule has 1 aromatic heterocycles. The highest BCUT2D eigenvalue weighted by molar-refractivity contribution is 7.89. The van der Waals surface area contributed by atoms with Crippen molar-refractivity contribution in [3.63, 3.8) is 0 Å². The van der Waals surface area contributed by atoms with Gasteiger partial charge in [0, 0.05) is 45.3 Å². The van der Waals surface area contributed by atoms with Crippen LogP contribution in [0.5, 0.6) is 0 Å². The number of fused-ring (bicyclic) bond motifs is 1. The zero-order chi connectivity index (χ0) is 19.9. The Morgan fingerprint density at radius 3 is 2.50 bits per heavy atom. The van der Waals surface area contributed by atoms with E-state index in [2.05, 4.69) is 0 Å². The standard InChI is InChI=1S/C19H21N3O5S/c1-20-16-6-5-15(13-14(16)4-7-18(20)23)28(25,26)22-10-8-21(9-11-22)19(24)17-3-2-12-27-17/h2-3,5-6,12-13H,4,7-11H2,1H3. The summed E-state index contributed by atoms with van der Waals surface area (Å²) in [6, 6.07) is 8.14. The number of anilines is 1. The number of benzene rings is 1. The molecule has 0 radical (unpaired) electrons. The lowest BCUT2D eigenvalue weighted by molar-refractivity contribution is -0.118. The number of sulfonamides is 1.